The number of hydrogen-bond acceptors (Lipinski definition) is 5. The highest BCUT2D eigenvalue weighted by Crippen LogP contribution is 2.25. The van der Waals surface area contributed by atoms with Gasteiger partial charge in [-0.2, -0.15) is 0 Å². The molecule has 20 heavy (non-hydrogen) atoms. The van der Waals surface area contributed by atoms with Gasteiger partial charge < -0.3 is 15.4 Å². The summed E-state index contributed by atoms with van der Waals surface area (Å²) in [4.78, 5) is 25.2. The summed E-state index contributed by atoms with van der Waals surface area (Å²) in [5.41, 5.74) is 0. The highest BCUT2D eigenvalue weighted by Gasteiger charge is 2.36. The van der Waals surface area contributed by atoms with E-state index in [0.717, 1.165) is 26.2 Å². The number of likely N-dealkylation sites (tertiary alicyclic amines) is 1. The van der Waals surface area contributed by atoms with Crippen LogP contribution in [0.4, 0.5) is 0 Å². The lowest BCUT2D eigenvalue weighted by Gasteiger charge is -2.16. The van der Waals surface area contributed by atoms with Crippen molar-refractivity contribution in [2.24, 2.45) is 11.8 Å². The third-order valence-corrected chi connectivity index (χ3v) is 4.02. The van der Waals surface area contributed by atoms with Gasteiger partial charge in [-0.05, 0) is 38.3 Å². The first-order valence-corrected chi connectivity index (χ1v) is 7.54. The first kappa shape index (κ1) is 15.3. The van der Waals surface area contributed by atoms with Crippen molar-refractivity contribution in [1.29, 1.82) is 0 Å². The number of ether oxygens (including phenoxy) is 1. The molecule has 2 aliphatic heterocycles. The molecule has 0 aromatic carbocycles. The van der Waals surface area contributed by atoms with Crippen LogP contribution in [0.1, 0.15) is 19.8 Å². The van der Waals surface area contributed by atoms with Crippen molar-refractivity contribution in [3.63, 3.8) is 0 Å². The number of hydrogen-bond donors (Lipinski definition) is 2. The van der Waals surface area contributed by atoms with E-state index in [4.69, 9.17) is 4.74 Å². The third kappa shape index (κ3) is 4.45. The van der Waals surface area contributed by atoms with Crippen LogP contribution in [-0.2, 0) is 14.3 Å². The van der Waals surface area contributed by atoms with Gasteiger partial charge >= 0.3 is 5.97 Å². The second-order valence-electron chi connectivity index (χ2n) is 5.63. The van der Waals surface area contributed by atoms with Crippen LogP contribution in [0.2, 0.25) is 0 Å². The van der Waals surface area contributed by atoms with Gasteiger partial charge in [-0.25, -0.2) is 0 Å². The lowest BCUT2D eigenvalue weighted by atomic mass is 10.0. The van der Waals surface area contributed by atoms with Gasteiger partial charge in [0.05, 0.1) is 13.2 Å². The number of nitrogens with zero attached hydrogens (tertiary/aromatic N) is 1. The number of carbonyl (C=O) groups is 2. The fraction of sp³-hybridized carbons (Fsp3) is 0.857. The van der Waals surface area contributed by atoms with Crippen LogP contribution in [-0.4, -0.2) is 62.7 Å². The fourth-order valence-electron chi connectivity index (χ4n) is 3.03. The van der Waals surface area contributed by atoms with E-state index in [0.29, 0.717) is 44.4 Å². The molecule has 0 aromatic heterocycles. The molecule has 2 heterocycles. The number of carbonyl (C=O) groups excluding carboxylic acids is 2. The lowest BCUT2D eigenvalue weighted by molar-refractivity contribution is -0.143. The average molecular weight is 283 g/mol. The fourth-order valence-corrected chi connectivity index (χ4v) is 3.03. The molecule has 2 fully saturated rings. The second kappa shape index (κ2) is 7.59. The molecule has 114 valence electrons. The molecule has 0 bridgehead atoms. The van der Waals surface area contributed by atoms with Crippen LogP contribution in [0.5, 0.6) is 0 Å². The summed E-state index contributed by atoms with van der Waals surface area (Å²) in [5, 5.41) is 6.26. The van der Waals surface area contributed by atoms with E-state index in [-0.39, 0.29) is 11.9 Å². The maximum absolute atomic E-state index is 11.8. The predicted octanol–water partition coefficient (Wildman–Crippen LogP) is -0.403. The summed E-state index contributed by atoms with van der Waals surface area (Å²) in [7, 11) is 0. The maximum atomic E-state index is 11.8. The monoisotopic (exact) mass is 283 g/mol. The van der Waals surface area contributed by atoms with Gasteiger partial charge in [0.2, 0.25) is 5.91 Å². The van der Waals surface area contributed by atoms with Crippen LogP contribution in [0.15, 0.2) is 0 Å². The van der Waals surface area contributed by atoms with Gasteiger partial charge in [-0.1, -0.05) is 0 Å². The minimum atomic E-state index is -0.193. The standard InChI is InChI=1S/C14H25N3O3/c1-2-20-14(19)4-3-5-16-13(18)10-17-8-11-6-15-7-12(11)9-17/h11-12,15H,2-10H2,1H3,(H,16,18)/t11-,12+. The zero-order valence-corrected chi connectivity index (χ0v) is 12.2. The molecule has 0 aliphatic carbocycles. The molecule has 0 saturated carbocycles. The molecule has 0 spiro atoms. The molecule has 6 heteroatoms. The van der Waals surface area contributed by atoms with Crippen molar-refractivity contribution in [2.45, 2.75) is 19.8 Å². The average Bonchev–Trinajstić information content (AvgIpc) is 2.95. The molecule has 0 radical (unpaired) electrons. The Balaban J connectivity index is 1.54. The first-order chi connectivity index (χ1) is 9.69. The Hall–Kier alpha value is -1.14. The Morgan fingerprint density at radius 2 is 2.00 bits per heavy atom. The van der Waals surface area contributed by atoms with Crippen molar-refractivity contribution in [3.8, 4) is 0 Å². The van der Waals surface area contributed by atoms with Crippen molar-refractivity contribution < 1.29 is 14.3 Å². The SMILES string of the molecule is CCOC(=O)CCCNC(=O)CN1C[C@H]2CNC[C@H]2C1. The quantitative estimate of drug-likeness (QED) is 0.491. The predicted molar refractivity (Wildman–Crippen MR) is 75.2 cm³/mol. The smallest absolute Gasteiger partial charge is 0.305 e. The normalized spacial score (nSPS) is 25.4. The highest BCUT2D eigenvalue weighted by molar-refractivity contribution is 5.78. The third-order valence-electron chi connectivity index (χ3n) is 4.02. The summed E-state index contributed by atoms with van der Waals surface area (Å²) < 4.78 is 4.83. The molecule has 2 rings (SSSR count). The minimum absolute atomic E-state index is 0.0572. The van der Waals surface area contributed by atoms with E-state index in [1.165, 1.54) is 0 Å². The Bertz CT molecular complexity index is 337. The Labute approximate surface area is 120 Å². The first-order valence-electron chi connectivity index (χ1n) is 7.54. The summed E-state index contributed by atoms with van der Waals surface area (Å²) >= 11 is 0. The Morgan fingerprint density at radius 3 is 2.65 bits per heavy atom. The molecule has 0 unspecified atom stereocenters. The van der Waals surface area contributed by atoms with Crippen LogP contribution in [0, 0.1) is 11.8 Å². The van der Waals surface area contributed by atoms with Gasteiger partial charge in [0.15, 0.2) is 0 Å². The van der Waals surface area contributed by atoms with Crippen molar-refractivity contribution in [2.75, 3.05) is 45.9 Å². The van der Waals surface area contributed by atoms with Crippen LogP contribution in [0.3, 0.4) is 0 Å². The summed E-state index contributed by atoms with van der Waals surface area (Å²) in [6, 6.07) is 0. The summed E-state index contributed by atoms with van der Waals surface area (Å²) in [6.07, 6.45) is 1.01. The molecule has 2 N–H and O–H groups in total. The van der Waals surface area contributed by atoms with Crippen LogP contribution in [0.25, 0.3) is 0 Å². The van der Waals surface area contributed by atoms with E-state index in [9.17, 15) is 9.59 Å². The van der Waals surface area contributed by atoms with Crippen LogP contribution < -0.4 is 10.6 Å². The van der Waals surface area contributed by atoms with Gasteiger partial charge in [0.25, 0.3) is 0 Å². The van der Waals surface area contributed by atoms with Gasteiger partial charge in [0.1, 0.15) is 0 Å². The van der Waals surface area contributed by atoms with Gasteiger partial charge in [-0.15, -0.1) is 0 Å². The summed E-state index contributed by atoms with van der Waals surface area (Å²) in [6.45, 7) is 7.44. The van der Waals surface area contributed by atoms with E-state index in [2.05, 4.69) is 15.5 Å². The Morgan fingerprint density at radius 1 is 1.30 bits per heavy atom. The maximum Gasteiger partial charge on any atom is 0.305 e. The molecule has 1 amide bonds. The van der Waals surface area contributed by atoms with Crippen molar-refractivity contribution in [3.05, 3.63) is 0 Å². The van der Waals surface area contributed by atoms with Crippen molar-refractivity contribution in [1.82, 2.24) is 15.5 Å². The highest BCUT2D eigenvalue weighted by atomic mass is 16.5. The molecule has 0 aromatic rings. The molecular formula is C14H25N3O3. The molecule has 2 saturated heterocycles. The zero-order valence-electron chi connectivity index (χ0n) is 12.2. The molecule has 2 aliphatic rings. The second-order valence-corrected chi connectivity index (χ2v) is 5.63. The molecule has 6 nitrogen and oxygen atoms in total. The number of esters is 1. The van der Waals surface area contributed by atoms with E-state index in [1.807, 2.05) is 0 Å². The summed E-state index contributed by atoms with van der Waals surface area (Å²) in [5.74, 6) is 1.29. The minimum Gasteiger partial charge on any atom is -0.466 e. The van der Waals surface area contributed by atoms with Gasteiger partial charge in [0, 0.05) is 26.1 Å². The molecular weight excluding hydrogens is 258 g/mol. The number of rotatable bonds is 7. The number of amides is 1. The van der Waals surface area contributed by atoms with E-state index >= 15 is 0 Å². The van der Waals surface area contributed by atoms with E-state index in [1.54, 1.807) is 6.92 Å². The van der Waals surface area contributed by atoms with Crippen LogP contribution >= 0.6 is 0 Å². The van der Waals surface area contributed by atoms with E-state index < -0.39 is 0 Å². The zero-order chi connectivity index (χ0) is 14.4. The lowest BCUT2D eigenvalue weighted by Crippen LogP contribution is -2.37. The number of fused-ring (bicyclic) bond motifs is 1. The molecule has 2 atom stereocenters. The number of nitrogens with one attached hydrogen (secondary N) is 2. The topological polar surface area (TPSA) is 70.7 Å². The Kier molecular flexibility index (Phi) is 5.79. The largest absolute Gasteiger partial charge is 0.466 e. The van der Waals surface area contributed by atoms with Gasteiger partial charge in [-0.3, -0.25) is 14.5 Å². The van der Waals surface area contributed by atoms with Crippen molar-refractivity contribution >= 4 is 11.9 Å².